The maximum atomic E-state index is 12.5. The molecule has 0 bridgehead atoms. The zero-order valence-corrected chi connectivity index (χ0v) is 14.0. The van der Waals surface area contributed by atoms with Crippen molar-refractivity contribution in [3.05, 3.63) is 47.3 Å². The molecule has 128 valence electrons. The van der Waals surface area contributed by atoms with Gasteiger partial charge in [0, 0.05) is 30.8 Å². The third-order valence-corrected chi connectivity index (χ3v) is 4.48. The van der Waals surface area contributed by atoms with E-state index in [1.54, 1.807) is 25.4 Å². The number of amides is 1. The van der Waals surface area contributed by atoms with Crippen molar-refractivity contribution in [2.75, 3.05) is 20.3 Å². The van der Waals surface area contributed by atoms with Crippen molar-refractivity contribution < 1.29 is 14.3 Å². The van der Waals surface area contributed by atoms with E-state index in [1.165, 1.54) is 0 Å². The third kappa shape index (κ3) is 3.59. The van der Waals surface area contributed by atoms with E-state index in [-0.39, 0.29) is 17.9 Å². The molecular weight excluding hydrogens is 306 g/mol. The Morgan fingerprint density at radius 1 is 1.46 bits per heavy atom. The number of carbonyl (C=O) groups excluding carboxylic acids is 1. The van der Waals surface area contributed by atoms with E-state index < -0.39 is 0 Å². The Morgan fingerprint density at radius 2 is 2.33 bits per heavy atom. The van der Waals surface area contributed by atoms with E-state index in [0.717, 1.165) is 36.5 Å². The van der Waals surface area contributed by atoms with Gasteiger partial charge < -0.3 is 14.8 Å². The number of hydrogen-bond acceptors (Lipinski definition) is 4. The van der Waals surface area contributed by atoms with Crippen LogP contribution < -0.4 is 10.1 Å². The largest absolute Gasteiger partial charge is 0.497 e. The summed E-state index contributed by atoms with van der Waals surface area (Å²) in [6.07, 6.45) is 3.71. The molecule has 0 radical (unpaired) electrons. The van der Waals surface area contributed by atoms with Crippen molar-refractivity contribution in [3.63, 3.8) is 0 Å². The molecule has 1 amide bonds. The van der Waals surface area contributed by atoms with Crippen molar-refractivity contribution in [3.8, 4) is 5.75 Å². The van der Waals surface area contributed by atoms with Crippen molar-refractivity contribution in [1.82, 2.24) is 15.5 Å². The van der Waals surface area contributed by atoms with Crippen LogP contribution in [-0.2, 0) is 4.74 Å². The highest BCUT2D eigenvalue weighted by Crippen LogP contribution is 2.32. The van der Waals surface area contributed by atoms with Gasteiger partial charge >= 0.3 is 0 Å². The number of nitrogens with zero attached hydrogens (tertiary/aromatic N) is 1. The molecular formula is C18H23N3O3. The molecule has 0 saturated carbocycles. The maximum Gasteiger partial charge on any atom is 0.251 e. The molecule has 3 rings (SSSR count). The summed E-state index contributed by atoms with van der Waals surface area (Å²) in [7, 11) is 1.62. The standard InChI is InChI=1S/C18H23N3O3/c1-12-10-14(23-2)5-6-15(12)18(22)19-11-13-4-3-9-24-17(13)16-7-8-20-21-16/h5-8,10,13,17H,3-4,9,11H2,1-2H3,(H,19,22)(H,20,21)/t13-,17+/m0/s1. The lowest BCUT2D eigenvalue weighted by Crippen LogP contribution is -2.35. The highest BCUT2D eigenvalue weighted by molar-refractivity contribution is 5.95. The Morgan fingerprint density at radius 3 is 3.04 bits per heavy atom. The number of aromatic amines is 1. The molecule has 1 aromatic carbocycles. The van der Waals surface area contributed by atoms with Gasteiger partial charge in [-0.05, 0) is 49.6 Å². The topological polar surface area (TPSA) is 76.2 Å². The summed E-state index contributed by atoms with van der Waals surface area (Å²) in [5, 5.41) is 10.0. The zero-order chi connectivity index (χ0) is 16.9. The molecule has 2 atom stereocenters. The predicted octanol–water partition coefficient (Wildman–Crippen LogP) is 2.62. The first-order valence-electron chi connectivity index (χ1n) is 8.22. The number of nitrogens with one attached hydrogen (secondary N) is 2. The first-order chi connectivity index (χ1) is 11.7. The number of benzene rings is 1. The van der Waals surface area contributed by atoms with Gasteiger partial charge in [0.15, 0.2) is 0 Å². The quantitative estimate of drug-likeness (QED) is 0.884. The summed E-state index contributed by atoms with van der Waals surface area (Å²) >= 11 is 0. The van der Waals surface area contributed by atoms with Gasteiger partial charge in [0.1, 0.15) is 11.9 Å². The molecule has 0 aliphatic carbocycles. The summed E-state index contributed by atoms with van der Waals surface area (Å²) < 4.78 is 11.1. The molecule has 24 heavy (non-hydrogen) atoms. The van der Waals surface area contributed by atoms with E-state index >= 15 is 0 Å². The third-order valence-electron chi connectivity index (χ3n) is 4.48. The number of hydrogen-bond donors (Lipinski definition) is 2. The van der Waals surface area contributed by atoms with Gasteiger partial charge in [-0.15, -0.1) is 0 Å². The number of ether oxygens (including phenoxy) is 2. The number of H-pyrrole nitrogens is 1. The van der Waals surface area contributed by atoms with Crippen LogP contribution in [0.3, 0.4) is 0 Å². The summed E-state index contributed by atoms with van der Waals surface area (Å²) in [4.78, 5) is 12.5. The summed E-state index contributed by atoms with van der Waals surface area (Å²) in [6.45, 7) is 3.23. The fourth-order valence-electron chi connectivity index (χ4n) is 3.16. The molecule has 1 fully saturated rings. The molecule has 1 saturated heterocycles. The summed E-state index contributed by atoms with van der Waals surface area (Å²) in [5.41, 5.74) is 2.54. The van der Waals surface area contributed by atoms with Crippen molar-refractivity contribution in [2.45, 2.75) is 25.9 Å². The number of aryl methyl sites for hydroxylation is 1. The average molecular weight is 329 g/mol. The molecule has 0 unspecified atom stereocenters. The van der Waals surface area contributed by atoms with Gasteiger partial charge in [-0.1, -0.05) is 0 Å². The van der Waals surface area contributed by atoms with E-state index in [9.17, 15) is 4.79 Å². The molecule has 2 N–H and O–H groups in total. The van der Waals surface area contributed by atoms with Crippen LogP contribution in [0.5, 0.6) is 5.75 Å². The Kier molecular flexibility index (Phi) is 5.15. The smallest absolute Gasteiger partial charge is 0.251 e. The number of aromatic nitrogens is 2. The average Bonchev–Trinajstić information content (AvgIpc) is 3.14. The monoisotopic (exact) mass is 329 g/mol. The second-order valence-corrected chi connectivity index (χ2v) is 6.10. The Bertz CT molecular complexity index is 685. The number of rotatable bonds is 5. The van der Waals surface area contributed by atoms with Crippen LogP contribution in [0.1, 0.15) is 40.6 Å². The summed E-state index contributed by atoms with van der Waals surface area (Å²) in [5.74, 6) is 0.926. The van der Waals surface area contributed by atoms with E-state index in [4.69, 9.17) is 9.47 Å². The Labute approximate surface area is 141 Å². The van der Waals surface area contributed by atoms with Gasteiger partial charge in [-0.25, -0.2) is 0 Å². The summed E-state index contributed by atoms with van der Waals surface area (Å²) in [6, 6.07) is 7.40. The lowest BCUT2D eigenvalue weighted by Gasteiger charge is -2.31. The predicted molar refractivity (Wildman–Crippen MR) is 90.1 cm³/mol. The molecule has 1 aromatic heterocycles. The molecule has 1 aliphatic heterocycles. The number of carbonyl (C=O) groups is 1. The minimum absolute atomic E-state index is 0.0430. The highest BCUT2D eigenvalue weighted by atomic mass is 16.5. The van der Waals surface area contributed by atoms with Crippen LogP contribution in [0, 0.1) is 12.8 Å². The first-order valence-corrected chi connectivity index (χ1v) is 8.22. The van der Waals surface area contributed by atoms with Gasteiger partial charge in [0.05, 0.1) is 12.8 Å². The minimum Gasteiger partial charge on any atom is -0.497 e. The molecule has 6 heteroatoms. The van der Waals surface area contributed by atoms with E-state index in [2.05, 4.69) is 15.5 Å². The molecule has 6 nitrogen and oxygen atoms in total. The van der Waals surface area contributed by atoms with Crippen LogP contribution in [0.15, 0.2) is 30.5 Å². The zero-order valence-electron chi connectivity index (χ0n) is 14.0. The van der Waals surface area contributed by atoms with Crippen molar-refractivity contribution >= 4 is 5.91 Å². The van der Waals surface area contributed by atoms with Crippen LogP contribution in [0.2, 0.25) is 0 Å². The molecule has 1 aliphatic rings. The second kappa shape index (κ2) is 7.49. The lowest BCUT2D eigenvalue weighted by atomic mass is 9.92. The van der Waals surface area contributed by atoms with Crippen molar-refractivity contribution in [1.29, 1.82) is 0 Å². The fourth-order valence-corrected chi connectivity index (χ4v) is 3.16. The maximum absolute atomic E-state index is 12.5. The Hall–Kier alpha value is -2.34. The van der Waals surface area contributed by atoms with Crippen LogP contribution >= 0.6 is 0 Å². The number of methoxy groups -OCH3 is 1. The lowest BCUT2D eigenvalue weighted by molar-refractivity contribution is -0.0297. The normalized spacial score (nSPS) is 20.6. The minimum atomic E-state index is -0.0657. The van der Waals surface area contributed by atoms with Gasteiger partial charge in [0.25, 0.3) is 5.91 Å². The molecule has 2 aromatic rings. The van der Waals surface area contributed by atoms with Crippen LogP contribution in [0.4, 0.5) is 0 Å². The van der Waals surface area contributed by atoms with Gasteiger partial charge in [0.2, 0.25) is 0 Å². The van der Waals surface area contributed by atoms with E-state index in [0.29, 0.717) is 12.1 Å². The fraction of sp³-hybridized carbons (Fsp3) is 0.444. The highest BCUT2D eigenvalue weighted by Gasteiger charge is 2.29. The van der Waals surface area contributed by atoms with Crippen LogP contribution in [-0.4, -0.2) is 36.4 Å². The molecule has 2 heterocycles. The SMILES string of the molecule is COc1ccc(C(=O)NC[C@@H]2CCCO[C@H]2c2ccn[nH]2)c(C)c1. The second-order valence-electron chi connectivity index (χ2n) is 6.10. The first kappa shape index (κ1) is 16.5. The van der Waals surface area contributed by atoms with Gasteiger partial charge in [-0.3, -0.25) is 9.89 Å². The van der Waals surface area contributed by atoms with E-state index in [1.807, 2.05) is 19.1 Å². The van der Waals surface area contributed by atoms with Crippen molar-refractivity contribution in [2.24, 2.45) is 5.92 Å². The Balaban J connectivity index is 1.64. The van der Waals surface area contributed by atoms with Crippen LogP contribution in [0.25, 0.3) is 0 Å². The molecule has 0 spiro atoms. The van der Waals surface area contributed by atoms with Gasteiger partial charge in [-0.2, -0.15) is 5.10 Å².